The van der Waals surface area contributed by atoms with Crippen LogP contribution in [0.5, 0.6) is 0 Å². The first-order valence-corrected chi connectivity index (χ1v) is 5.87. The van der Waals surface area contributed by atoms with E-state index in [1.807, 2.05) is 0 Å². The molecule has 1 fully saturated rings. The van der Waals surface area contributed by atoms with Crippen LogP contribution in [0.25, 0.3) is 0 Å². The third-order valence-electron chi connectivity index (χ3n) is 2.57. The summed E-state index contributed by atoms with van der Waals surface area (Å²) in [6.07, 6.45) is 0.308. The van der Waals surface area contributed by atoms with Crippen molar-refractivity contribution in [1.82, 2.24) is 5.32 Å². The third-order valence-corrected chi connectivity index (χ3v) is 4.22. The average Bonchev–Trinajstić information content (AvgIpc) is 2.05. The van der Waals surface area contributed by atoms with E-state index in [0.717, 1.165) is 0 Å². The van der Waals surface area contributed by atoms with E-state index >= 15 is 0 Å². The molecule has 1 aliphatic rings. The number of likely N-dealkylation sites (N-methyl/N-ethyl adjacent to an activating group) is 1. The van der Waals surface area contributed by atoms with Crippen molar-refractivity contribution >= 4 is 15.8 Å². The van der Waals surface area contributed by atoms with Crippen molar-refractivity contribution in [1.29, 1.82) is 0 Å². The quantitative estimate of drug-likeness (QED) is 0.621. The standard InChI is InChI=1S/C7H13NO4S/c1-8-7(6(9)10)2-4-13(11,12)5-3-7/h8H,2-5H2,1H3,(H,9,10). The maximum atomic E-state index is 11.1. The highest BCUT2D eigenvalue weighted by Gasteiger charge is 2.42. The van der Waals surface area contributed by atoms with Crippen LogP contribution in [0.2, 0.25) is 0 Å². The monoisotopic (exact) mass is 207 g/mol. The first kappa shape index (κ1) is 10.5. The Morgan fingerprint density at radius 1 is 1.38 bits per heavy atom. The molecule has 5 nitrogen and oxygen atoms in total. The second-order valence-electron chi connectivity index (χ2n) is 3.29. The first-order valence-electron chi connectivity index (χ1n) is 4.05. The SMILES string of the molecule is CNC1(C(=O)O)CCS(=O)(=O)CC1. The topological polar surface area (TPSA) is 83.5 Å². The zero-order chi connectivity index (χ0) is 10.1. The Morgan fingerprint density at radius 3 is 2.15 bits per heavy atom. The Kier molecular flexibility index (Phi) is 2.63. The lowest BCUT2D eigenvalue weighted by atomic mass is 9.93. The van der Waals surface area contributed by atoms with Crippen molar-refractivity contribution in [2.75, 3.05) is 18.6 Å². The summed E-state index contributed by atoms with van der Waals surface area (Å²) < 4.78 is 22.1. The molecule has 0 aromatic heterocycles. The van der Waals surface area contributed by atoms with E-state index in [1.54, 1.807) is 7.05 Å². The molecule has 1 aliphatic heterocycles. The van der Waals surface area contributed by atoms with Crippen molar-refractivity contribution in [3.8, 4) is 0 Å². The fourth-order valence-corrected chi connectivity index (χ4v) is 2.98. The molecule has 13 heavy (non-hydrogen) atoms. The molecule has 0 unspecified atom stereocenters. The largest absolute Gasteiger partial charge is 0.480 e. The number of carboxylic acids is 1. The van der Waals surface area contributed by atoms with Crippen LogP contribution in [0.4, 0.5) is 0 Å². The smallest absolute Gasteiger partial charge is 0.323 e. The molecule has 0 aromatic carbocycles. The summed E-state index contributed by atoms with van der Waals surface area (Å²) in [4.78, 5) is 10.9. The Morgan fingerprint density at radius 2 is 1.85 bits per heavy atom. The molecule has 0 radical (unpaired) electrons. The van der Waals surface area contributed by atoms with Gasteiger partial charge >= 0.3 is 5.97 Å². The van der Waals surface area contributed by atoms with E-state index in [1.165, 1.54) is 0 Å². The van der Waals surface area contributed by atoms with Crippen LogP contribution in [0.1, 0.15) is 12.8 Å². The van der Waals surface area contributed by atoms with Gasteiger partial charge < -0.3 is 10.4 Å². The van der Waals surface area contributed by atoms with E-state index < -0.39 is 21.3 Å². The van der Waals surface area contributed by atoms with Gasteiger partial charge in [0.15, 0.2) is 0 Å². The van der Waals surface area contributed by atoms with Crippen LogP contribution >= 0.6 is 0 Å². The first-order chi connectivity index (χ1) is 5.92. The molecule has 1 heterocycles. The van der Waals surface area contributed by atoms with Gasteiger partial charge in [0.05, 0.1) is 11.5 Å². The van der Waals surface area contributed by atoms with E-state index in [0.29, 0.717) is 0 Å². The fourth-order valence-electron chi connectivity index (χ4n) is 1.46. The zero-order valence-corrected chi connectivity index (χ0v) is 8.23. The van der Waals surface area contributed by atoms with Gasteiger partial charge in [-0.2, -0.15) is 0 Å². The lowest BCUT2D eigenvalue weighted by Gasteiger charge is -2.32. The number of hydrogen-bond donors (Lipinski definition) is 2. The molecule has 2 N–H and O–H groups in total. The van der Waals surface area contributed by atoms with Crippen LogP contribution in [-0.2, 0) is 14.6 Å². The van der Waals surface area contributed by atoms with E-state index in [2.05, 4.69) is 5.32 Å². The Hall–Kier alpha value is -0.620. The molecule has 6 heteroatoms. The van der Waals surface area contributed by atoms with Gasteiger partial charge in [0, 0.05) is 0 Å². The molecular formula is C7H13NO4S. The predicted octanol–water partition coefficient (Wildman–Crippen LogP) is -0.762. The summed E-state index contributed by atoms with van der Waals surface area (Å²) in [6, 6.07) is 0. The van der Waals surface area contributed by atoms with E-state index in [4.69, 9.17) is 5.11 Å². The highest BCUT2D eigenvalue weighted by Crippen LogP contribution is 2.23. The molecule has 0 aliphatic carbocycles. The molecule has 0 saturated carbocycles. The number of hydrogen-bond acceptors (Lipinski definition) is 4. The second kappa shape index (κ2) is 3.26. The second-order valence-corrected chi connectivity index (χ2v) is 5.59. The molecule has 1 saturated heterocycles. The molecule has 0 bridgehead atoms. The number of carboxylic acid groups (broad SMARTS) is 1. The Bertz CT molecular complexity index is 294. The van der Waals surface area contributed by atoms with Gasteiger partial charge in [-0.15, -0.1) is 0 Å². The molecule has 1 rings (SSSR count). The Labute approximate surface area is 77.1 Å². The van der Waals surface area contributed by atoms with Crippen LogP contribution in [0.3, 0.4) is 0 Å². The van der Waals surface area contributed by atoms with Gasteiger partial charge in [0.2, 0.25) is 0 Å². The van der Waals surface area contributed by atoms with Crippen LogP contribution < -0.4 is 5.32 Å². The molecule has 76 valence electrons. The van der Waals surface area contributed by atoms with Crippen molar-refractivity contribution in [3.05, 3.63) is 0 Å². The van der Waals surface area contributed by atoms with Crippen LogP contribution in [-0.4, -0.2) is 43.6 Å². The minimum absolute atomic E-state index is 0.0415. The lowest BCUT2D eigenvalue weighted by Crippen LogP contribution is -2.55. The maximum absolute atomic E-state index is 11.1. The maximum Gasteiger partial charge on any atom is 0.323 e. The van der Waals surface area contributed by atoms with Crippen molar-refractivity contribution in [3.63, 3.8) is 0 Å². The molecule has 0 aromatic rings. The summed E-state index contributed by atoms with van der Waals surface area (Å²) in [5, 5.41) is 11.6. The summed E-state index contributed by atoms with van der Waals surface area (Å²) in [5.41, 5.74) is -1.04. The molecule has 0 atom stereocenters. The molecule has 0 amide bonds. The van der Waals surface area contributed by atoms with Gasteiger partial charge in [-0.3, -0.25) is 4.79 Å². The lowest BCUT2D eigenvalue weighted by molar-refractivity contribution is -0.145. The van der Waals surface area contributed by atoms with Crippen molar-refractivity contribution < 1.29 is 18.3 Å². The Balaban J connectivity index is 2.81. The minimum atomic E-state index is -3.00. The van der Waals surface area contributed by atoms with E-state index in [-0.39, 0.29) is 24.3 Å². The third kappa shape index (κ3) is 2.00. The van der Waals surface area contributed by atoms with Crippen LogP contribution in [0, 0.1) is 0 Å². The molecular weight excluding hydrogens is 194 g/mol. The average molecular weight is 207 g/mol. The number of carbonyl (C=O) groups is 1. The number of aliphatic carboxylic acids is 1. The van der Waals surface area contributed by atoms with Crippen molar-refractivity contribution in [2.24, 2.45) is 0 Å². The predicted molar refractivity (Wildman–Crippen MR) is 47.3 cm³/mol. The highest BCUT2D eigenvalue weighted by atomic mass is 32.2. The van der Waals surface area contributed by atoms with Gasteiger partial charge in [-0.25, -0.2) is 8.42 Å². The summed E-state index contributed by atoms with van der Waals surface area (Å²) >= 11 is 0. The fraction of sp³-hybridized carbons (Fsp3) is 0.857. The number of nitrogens with one attached hydrogen (secondary N) is 1. The van der Waals surface area contributed by atoms with Crippen LogP contribution in [0.15, 0.2) is 0 Å². The highest BCUT2D eigenvalue weighted by molar-refractivity contribution is 7.91. The minimum Gasteiger partial charge on any atom is -0.480 e. The van der Waals surface area contributed by atoms with E-state index in [9.17, 15) is 13.2 Å². The summed E-state index contributed by atoms with van der Waals surface area (Å²) in [6.45, 7) is 0. The summed E-state index contributed by atoms with van der Waals surface area (Å²) in [5.74, 6) is -1.05. The number of rotatable bonds is 2. The van der Waals surface area contributed by atoms with Gasteiger partial charge in [0.25, 0.3) is 0 Å². The van der Waals surface area contributed by atoms with Gasteiger partial charge in [-0.1, -0.05) is 0 Å². The molecule has 0 spiro atoms. The van der Waals surface area contributed by atoms with Gasteiger partial charge in [-0.05, 0) is 19.9 Å². The van der Waals surface area contributed by atoms with Gasteiger partial charge in [0.1, 0.15) is 15.4 Å². The normalized spacial score (nSPS) is 25.3. The van der Waals surface area contributed by atoms with Crippen molar-refractivity contribution in [2.45, 2.75) is 18.4 Å². The number of sulfone groups is 1. The zero-order valence-electron chi connectivity index (χ0n) is 7.41. The summed E-state index contributed by atoms with van der Waals surface area (Å²) in [7, 11) is -1.45.